The van der Waals surface area contributed by atoms with E-state index in [0.717, 1.165) is 7.11 Å². The van der Waals surface area contributed by atoms with Gasteiger partial charge in [-0.1, -0.05) is 0 Å². The van der Waals surface area contributed by atoms with Crippen LogP contribution in [0, 0.1) is 5.21 Å². The molecule has 0 bridgehead atoms. The van der Waals surface area contributed by atoms with Gasteiger partial charge in [0, 0.05) is 0 Å². The highest BCUT2D eigenvalue weighted by Crippen LogP contribution is 2.19. The van der Waals surface area contributed by atoms with Crippen LogP contribution in [0.15, 0.2) is 41.0 Å². The van der Waals surface area contributed by atoms with Crippen LogP contribution in [0.2, 0.25) is 0 Å². The van der Waals surface area contributed by atoms with Gasteiger partial charge in [-0.05, 0) is 31.2 Å². The fraction of sp³-hybridized carbons (Fsp3) is 0.222. The van der Waals surface area contributed by atoms with Crippen LogP contribution in [0.4, 0.5) is 0 Å². The Kier molecular flexibility index (Phi) is 5.20. The van der Waals surface area contributed by atoms with Gasteiger partial charge in [-0.25, -0.2) is 14.6 Å². The molecule has 0 saturated heterocycles. The molecular formula is C18H16N2O7. The number of furan rings is 1. The molecule has 0 radical (unpaired) electrons. The molecule has 0 atom stereocenters. The topological polar surface area (TPSA) is 115 Å². The summed E-state index contributed by atoms with van der Waals surface area (Å²) in [6.07, 6.45) is 1.33. The van der Waals surface area contributed by atoms with Crippen molar-refractivity contribution in [1.82, 2.24) is 4.98 Å². The fourth-order valence-corrected chi connectivity index (χ4v) is 2.45. The highest BCUT2D eigenvalue weighted by Gasteiger charge is 2.28. The summed E-state index contributed by atoms with van der Waals surface area (Å²) in [4.78, 5) is 28.3. The Hall–Kier alpha value is -3.62. The first-order valence-corrected chi connectivity index (χ1v) is 8.03. The lowest BCUT2D eigenvalue weighted by atomic mass is 10.2. The van der Waals surface area contributed by atoms with Gasteiger partial charge in [0.15, 0.2) is 5.69 Å². The number of hydrogen-bond donors (Lipinski definition) is 0. The van der Waals surface area contributed by atoms with E-state index in [0.29, 0.717) is 22.6 Å². The Labute approximate surface area is 153 Å². The van der Waals surface area contributed by atoms with E-state index in [1.54, 1.807) is 12.1 Å². The minimum atomic E-state index is -0.898. The summed E-state index contributed by atoms with van der Waals surface area (Å²) in [5, 5.41) is 12.7. The van der Waals surface area contributed by atoms with Crippen molar-refractivity contribution >= 4 is 23.0 Å². The van der Waals surface area contributed by atoms with E-state index in [2.05, 4.69) is 9.72 Å². The van der Waals surface area contributed by atoms with E-state index in [-0.39, 0.29) is 22.7 Å². The monoisotopic (exact) mass is 372 g/mol. The summed E-state index contributed by atoms with van der Waals surface area (Å²) < 4.78 is 20.5. The second-order valence-corrected chi connectivity index (χ2v) is 5.33. The predicted molar refractivity (Wildman–Crippen MR) is 91.0 cm³/mol. The summed E-state index contributed by atoms with van der Waals surface area (Å²) in [5.41, 5.74) is 0.0342. The molecule has 0 unspecified atom stereocenters. The molecule has 9 heteroatoms. The van der Waals surface area contributed by atoms with E-state index in [4.69, 9.17) is 13.9 Å². The molecule has 1 aromatic carbocycles. The maximum Gasteiger partial charge on any atom is 0.406 e. The van der Waals surface area contributed by atoms with Crippen molar-refractivity contribution in [2.75, 3.05) is 13.7 Å². The molecule has 0 amide bonds. The van der Waals surface area contributed by atoms with Crippen LogP contribution >= 0.6 is 0 Å². The standard InChI is InChI=1S/C18H16N2O7/c1-3-25-11-6-7-12-14(9-11)20(23)16(18(22)24-2)13(19-12)10-27-17(21)15-5-4-8-26-15/h4-9H,3,10H2,1-2H3. The van der Waals surface area contributed by atoms with Gasteiger partial charge >= 0.3 is 17.6 Å². The molecule has 0 aliphatic rings. The van der Waals surface area contributed by atoms with Crippen molar-refractivity contribution in [3.05, 3.63) is 59.0 Å². The summed E-state index contributed by atoms with van der Waals surface area (Å²) in [6.45, 7) is 1.82. The van der Waals surface area contributed by atoms with Crippen molar-refractivity contribution in [3.63, 3.8) is 0 Å². The smallest absolute Gasteiger partial charge is 0.406 e. The quantitative estimate of drug-likeness (QED) is 0.367. The molecular weight excluding hydrogens is 356 g/mol. The highest BCUT2D eigenvalue weighted by molar-refractivity contribution is 5.89. The molecule has 0 fully saturated rings. The number of nitrogens with zero attached hydrogens (tertiary/aromatic N) is 2. The van der Waals surface area contributed by atoms with Crippen LogP contribution in [0.1, 0.15) is 33.7 Å². The minimum absolute atomic E-state index is 0.00763. The molecule has 0 N–H and O–H groups in total. The molecule has 2 aromatic heterocycles. The largest absolute Gasteiger partial charge is 0.618 e. The summed E-state index contributed by atoms with van der Waals surface area (Å²) in [5.74, 6) is -1.19. The van der Waals surface area contributed by atoms with Gasteiger partial charge in [-0.3, -0.25) is 0 Å². The van der Waals surface area contributed by atoms with Crippen LogP contribution in [0.5, 0.6) is 5.75 Å². The number of carbonyl (C=O) groups is 2. The second kappa shape index (κ2) is 7.73. The summed E-state index contributed by atoms with van der Waals surface area (Å²) in [7, 11) is 1.14. The van der Waals surface area contributed by atoms with Crippen LogP contribution in [-0.4, -0.2) is 30.6 Å². The number of carbonyl (C=O) groups excluding carboxylic acids is 2. The normalized spacial score (nSPS) is 10.6. The molecule has 0 spiro atoms. The molecule has 27 heavy (non-hydrogen) atoms. The number of methoxy groups -OCH3 is 1. The third-order valence-electron chi connectivity index (χ3n) is 3.65. The molecule has 9 nitrogen and oxygen atoms in total. The maximum atomic E-state index is 12.7. The number of benzene rings is 1. The number of ether oxygens (including phenoxy) is 3. The van der Waals surface area contributed by atoms with Crippen LogP contribution in [0.25, 0.3) is 11.0 Å². The zero-order chi connectivity index (χ0) is 19.4. The molecule has 0 aliphatic carbocycles. The summed E-state index contributed by atoms with van der Waals surface area (Å²) >= 11 is 0. The minimum Gasteiger partial charge on any atom is -0.618 e. The van der Waals surface area contributed by atoms with Gasteiger partial charge in [0.2, 0.25) is 11.3 Å². The van der Waals surface area contributed by atoms with Crippen molar-refractivity contribution in [2.45, 2.75) is 13.5 Å². The third kappa shape index (κ3) is 3.66. The van der Waals surface area contributed by atoms with Gasteiger partial charge in [0.1, 0.15) is 17.9 Å². The Morgan fingerprint density at radius 3 is 2.74 bits per heavy atom. The molecule has 0 aliphatic heterocycles. The first-order chi connectivity index (χ1) is 13.0. The van der Waals surface area contributed by atoms with Crippen molar-refractivity contribution in [1.29, 1.82) is 0 Å². The molecule has 0 saturated carbocycles. The van der Waals surface area contributed by atoms with Gasteiger partial charge < -0.3 is 23.8 Å². The first kappa shape index (κ1) is 18.2. The zero-order valence-electron chi connectivity index (χ0n) is 14.6. The average molecular weight is 372 g/mol. The second-order valence-electron chi connectivity index (χ2n) is 5.33. The van der Waals surface area contributed by atoms with Crippen molar-refractivity contribution < 1.29 is 32.9 Å². The summed E-state index contributed by atoms with van der Waals surface area (Å²) in [6, 6.07) is 7.67. The van der Waals surface area contributed by atoms with E-state index < -0.39 is 18.5 Å². The highest BCUT2D eigenvalue weighted by atomic mass is 16.5. The molecule has 2 heterocycles. The van der Waals surface area contributed by atoms with Gasteiger partial charge in [0.25, 0.3) is 0 Å². The lowest BCUT2D eigenvalue weighted by molar-refractivity contribution is -0.581. The lowest BCUT2D eigenvalue weighted by Gasteiger charge is -2.11. The third-order valence-corrected chi connectivity index (χ3v) is 3.65. The Balaban J connectivity index is 2.01. The lowest BCUT2D eigenvalue weighted by Crippen LogP contribution is -2.38. The van der Waals surface area contributed by atoms with E-state index in [1.807, 2.05) is 6.92 Å². The maximum absolute atomic E-state index is 12.7. The van der Waals surface area contributed by atoms with E-state index in [9.17, 15) is 14.8 Å². The molecule has 3 rings (SSSR count). The average Bonchev–Trinajstić information content (AvgIpc) is 3.21. The molecule has 140 valence electrons. The molecule has 3 aromatic rings. The van der Waals surface area contributed by atoms with Crippen LogP contribution in [-0.2, 0) is 16.1 Å². The van der Waals surface area contributed by atoms with Gasteiger partial charge in [-0.2, -0.15) is 4.73 Å². The Morgan fingerprint density at radius 1 is 1.26 bits per heavy atom. The SMILES string of the molecule is CCOc1ccc2nc(COC(=O)c3ccco3)c(C(=O)OC)[n+]([O-])c2c1. The number of fused-ring (bicyclic) bond motifs is 1. The van der Waals surface area contributed by atoms with Crippen LogP contribution < -0.4 is 9.47 Å². The number of esters is 2. The Bertz CT molecular complexity index is 983. The number of aromatic nitrogens is 2. The van der Waals surface area contributed by atoms with E-state index >= 15 is 0 Å². The van der Waals surface area contributed by atoms with Gasteiger partial charge in [0.05, 0.1) is 26.0 Å². The van der Waals surface area contributed by atoms with Gasteiger partial charge in [-0.15, -0.1) is 0 Å². The van der Waals surface area contributed by atoms with Crippen molar-refractivity contribution in [3.8, 4) is 5.75 Å². The number of hydrogen-bond acceptors (Lipinski definition) is 8. The number of rotatable bonds is 6. The van der Waals surface area contributed by atoms with Crippen LogP contribution in [0.3, 0.4) is 0 Å². The van der Waals surface area contributed by atoms with E-state index in [1.165, 1.54) is 24.5 Å². The van der Waals surface area contributed by atoms with Crippen molar-refractivity contribution in [2.24, 2.45) is 0 Å². The Morgan fingerprint density at radius 2 is 2.07 bits per heavy atom. The zero-order valence-corrected chi connectivity index (χ0v) is 14.6. The fourth-order valence-electron chi connectivity index (χ4n) is 2.45. The first-order valence-electron chi connectivity index (χ1n) is 8.03. The predicted octanol–water partition coefficient (Wildman–Crippen LogP) is 2.00.